The van der Waals surface area contributed by atoms with E-state index in [2.05, 4.69) is 4.98 Å². The van der Waals surface area contributed by atoms with Crippen LogP contribution in [0.25, 0.3) is 5.76 Å². The third kappa shape index (κ3) is 4.62. The van der Waals surface area contributed by atoms with Gasteiger partial charge in [0, 0.05) is 17.1 Å². The lowest BCUT2D eigenvalue weighted by Crippen LogP contribution is -2.29. The molecule has 6 rings (SSSR count). The monoisotopic (exact) mass is 556 g/mol. The quantitative estimate of drug-likeness (QED) is 0.190. The number of carbonyl (C=O) groups excluding carboxylic acids is 2. The van der Waals surface area contributed by atoms with Gasteiger partial charge in [-0.3, -0.25) is 14.5 Å². The number of hydrogen-bond donors (Lipinski definition) is 1. The van der Waals surface area contributed by atoms with Crippen molar-refractivity contribution in [3.05, 3.63) is 101 Å². The van der Waals surface area contributed by atoms with E-state index in [9.17, 15) is 14.7 Å². The Morgan fingerprint density at radius 2 is 1.82 bits per heavy atom. The molecule has 2 aliphatic heterocycles. The summed E-state index contributed by atoms with van der Waals surface area (Å²) in [6, 6.07) is 18.8. The summed E-state index contributed by atoms with van der Waals surface area (Å²) in [4.78, 5) is 32.4. The van der Waals surface area contributed by atoms with Crippen molar-refractivity contribution in [1.82, 2.24) is 4.98 Å². The Kier molecular flexibility index (Phi) is 6.83. The van der Waals surface area contributed by atoms with E-state index < -0.39 is 17.7 Å². The zero-order chi connectivity index (χ0) is 27.6. The number of benzene rings is 3. The second kappa shape index (κ2) is 10.7. The molecule has 0 aliphatic carbocycles. The van der Waals surface area contributed by atoms with E-state index in [-0.39, 0.29) is 11.3 Å². The largest absolute Gasteiger partial charge is 0.507 e. The number of ketones is 1. The van der Waals surface area contributed by atoms with Gasteiger partial charge in [-0.05, 0) is 41.5 Å². The van der Waals surface area contributed by atoms with Gasteiger partial charge in [0.25, 0.3) is 5.78 Å². The molecule has 1 atom stereocenters. The topological polar surface area (TPSA) is 107 Å². The Labute approximate surface area is 233 Å². The minimum absolute atomic E-state index is 0.0723. The number of rotatable bonds is 7. The van der Waals surface area contributed by atoms with Crippen molar-refractivity contribution in [2.24, 2.45) is 0 Å². The van der Waals surface area contributed by atoms with E-state index in [1.807, 2.05) is 30.3 Å². The molecule has 0 spiro atoms. The van der Waals surface area contributed by atoms with Crippen LogP contribution in [0.1, 0.15) is 22.7 Å². The summed E-state index contributed by atoms with van der Waals surface area (Å²) in [6.07, 6.45) is 1.55. The Morgan fingerprint density at radius 3 is 2.58 bits per heavy atom. The van der Waals surface area contributed by atoms with E-state index in [0.29, 0.717) is 59.1 Å². The number of Topliss-reactive ketones (excluding diaryl/α,β-unsaturated/α-hetero) is 1. The molecule has 4 aromatic rings. The van der Waals surface area contributed by atoms with Gasteiger partial charge in [-0.2, -0.15) is 0 Å². The van der Waals surface area contributed by atoms with Crippen molar-refractivity contribution in [2.45, 2.75) is 12.6 Å². The summed E-state index contributed by atoms with van der Waals surface area (Å²) in [5, 5.41) is 13.5. The van der Waals surface area contributed by atoms with Gasteiger partial charge in [0.2, 0.25) is 0 Å². The molecule has 1 fully saturated rings. The molecule has 40 heavy (non-hydrogen) atoms. The summed E-state index contributed by atoms with van der Waals surface area (Å²) < 4.78 is 22.9. The number of anilines is 1. The number of fused-ring (bicyclic) bond motifs is 1. The number of hydrogen-bond acceptors (Lipinski definition) is 9. The lowest BCUT2D eigenvalue weighted by atomic mass is 9.95. The number of amides is 1. The zero-order valence-corrected chi connectivity index (χ0v) is 22.2. The Morgan fingerprint density at radius 1 is 1.02 bits per heavy atom. The third-order valence-corrected chi connectivity index (χ3v) is 7.40. The first-order chi connectivity index (χ1) is 19.5. The molecule has 3 heterocycles. The highest BCUT2D eigenvalue weighted by atomic mass is 32.1. The second-order valence-corrected chi connectivity index (χ2v) is 9.90. The SMILES string of the molecule is COc1cc(C2/C(=C(\O)c3ccc4c(c3)OCCO4)C(=O)C(=O)N2c2nccs2)ccc1OCc1ccccc1. The number of nitrogens with zero attached hydrogens (tertiary/aromatic N) is 2. The lowest BCUT2D eigenvalue weighted by molar-refractivity contribution is -0.132. The number of ether oxygens (including phenoxy) is 4. The summed E-state index contributed by atoms with van der Waals surface area (Å²) in [5.74, 6) is -0.0484. The normalized spacial score (nSPS) is 17.6. The fourth-order valence-electron chi connectivity index (χ4n) is 4.74. The van der Waals surface area contributed by atoms with Gasteiger partial charge in [-0.15, -0.1) is 11.3 Å². The van der Waals surface area contributed by atoms with Crippen molar-refractivity contribution >= 4 is 33.9 Å². The van der Waals surface area contributed by atoms with Crippen LogP contribution in [0.2, 0.25) is 0 Å². The maximum atomic E-state index is 13.4. The summed E-state index contributed by atoms with van der Waals surface area (Å²) >= 11 is 1.22. The molecular formula is C30H24N2O7S. The van der Waals surface area contributed by atoms with Crippen molar-refractivity contribution in [2.75, 3.05) is 25.2 Å². The predicted molar refractivity (Wildman–Crippen MR) is 148 cm³/mol. The van der Waals surface area contributed by atoms with Crippen molar-refractivity contribution in [3.63, 3.8) is 0 Å². The number of aromatic nitrogens is 1. The fourth-order valence-corrected chi connectivity index (χ4v) is 5.40. The Balaban J connectivity index is 1.43. The van der Waals surface area contributed by atoms with E-state index >= 15 is 0 Å². The Bertz CT molecular complexity index is 1600. The summed E-state index contributed by atoms with van der Waals surface area (Å²) in [7, 11) is 1.52. The summed E-state index contributed by atoms with van der Waals surface area (Å²) in [6.45, 7) is 1.12. The summed E-state index contributed by atoms with van der Waals surface area (Å²) in [5.41, 5.74) is 1.78. The van der Waals surface area contributed by atoms with Gasteiger partial charge >= 0.3 is 5.91 Å². The van der Waals surface area contributed by atoms with Crippen LogP contribution in [0, 0.1) is 0 Å². The lowest BCUT2D eigenvalue weighted by Gasteiger charge is -2.24. The van der Waals surface area contributed by atoms with Crippen LogP contribution < -0.4 is 23.8 Å². The fraction of sp³-hybridized carbons (Fsp3) is 0.167. The Hall–Kier alpha value is -4.83. The minimum Gasteiger partial charge on any atom is -0.507 e. The van der Waals surface area contributed by atoms with Crippen LogP contribution in [0.3, 0.4) is 0 Å². The van der Waals surface area contributed by atoms with Crippen molar-refractivity contribution in [3.8, 4) is 23.0 Å². The number of methoxy groups -OCH3 is 1. The minimum atomic E-state index is -0.962. The van der Waals surface area contributed by atoms with Gasteiger partial charge in [-0.25, -0.2) is 4.98 Å². The maximum absolute atomic E-state index is 13.4. The first-order valence-electron chi connectivity index (χ1n) is 12.5. The standard InChI is InChI=1S/C30H24N2O7S/c1-36-23-15-19(7-9-21(23)39-17-18-5-3-2-4-6-18)26-25(28(34)29(35)32(26)30-31-11-14-40-30)27(33)20-8-10-22-24(16-20)38-13-12-37-22/h2-11,14-16,26,33H,12-13,17H2,1H3/b27-25+. The van der Waals surface area contributed by atoms with E-state index in [0.717, 1.165) is 5.56 Å². The number of thiazole rings is 1. The number of aliphatic hydroxyl groups excluding tert-OH is 1. The zero-order valence-electron chi connectivity index (χ0n) is 21.4. The van der Waals surface area contributed by atoms with Gasteiger partial charge in [0.1, 0.15) is 25.6 Å². The molecule has 1 N–H and O–H groups in total. The maximum Gasteiger partial charge on any atom is 0.301 e. The van der Waals surface area contributed by atoms with Crippen molar-refractivity contribution in [1.29, 1.82) is 0 Å². The highest BCUT2D eigenvalue weighted by Crippen LogP contribution is 2.45. The molecule has 1 amide bonds. The molecule has 2 aliphatic rings. The molecule has 9 nitrogen and oxygen atoms in total. The molecule has 1 saturated heterocycles. The van der Waals surface area contributed by atoms with Gasteiger partial charge in [0.05, 0.1) is 18.7 Å². The third-order valence-electron chi connectivity index (χ3n) is 6.63. The van der Waals surface area contributed by atoms with Crippen LogP contribution in [0.4, 0.5) is 5.13 Å². The molecule has 1 aromatic heterocycles. The smallest absolute Gasteiger partial charge is 0.301 e. The first-order valence-corrected chi connectivity index (χ1v) is 13.4. The van der Waals surface area contributed by atoms with Crippen LogP contribution in [0.5, 0.6) is 23.0 Å². The van der Waals surface area contributed by atoms with Gasteiger partial charge in [-0.1, -0.05) is 36.4 Å². The van der Waals surface area contributed by atoms with Crippen molar-refractivity contribution < 1.29 is 33.6 Å². The van der Waals surface area contributed by atoms with Crippen LogP contribution in [-0.2, 0) is 16.2 Å². The first kappa shape index (κ1) is 25.4. The van der Waals surface area contributed by atoms with Crippen LogP contribution in [-0.4, -0.2) is 42.1 Å². The number of carbonyl (C=O) groups is 2. The molecule has 3 aromatic carbocycles. The van der Waals surface area contributed by atoms with E-state index in [1.54, 1.807) is 48.0 Å². The second-order valence-electron chi connectivity index (χ2n) is 9.03. The van der Waals surface area contributed by atoms with Crippen LogP contribution in [0.15, 0.2) is 83.9 Å². The highest BCUT2D eigenvalue weighted by Gasteiger charge is 2.48. The molecule has 1 unspecified atom stereocenters. The molecule has 0 bridgehead atoms. The van der Waals surface area contributed by atoms with E-state index in [4.69, 9.17) is 18.9 Å². The number of aliphatic hydroxyl groups is 1. The predicted octanol–water partition coefficient (Wildman–Crippen LogP) is 5.13. The molecule has 0 saturated carbocycles. The molecule has 10 heteroatoms. The van der Waals surface area contributed by atoms with E-state index in [1.165, 1.54) is 23.3 Å². The van der Waals surface area contributed by atoms with Gasteiger partial charge in [0.15, 0.2) is 28.1 Å². The molecular weight excluding hydrogens is 532 g/mol. The average molecular weight is 557 g/mol. The average Bonchev–Trinajstić information content (AvgIpc) is 3.62. The molecule has 0 radical (unpaired) electrons. The van der Waals surface area contributed by atoms with Gasteiger partial charge < -0.3 is 24.1 Å². The highest BCUT2D eigenvalue weighted by molar-refractivity contribution is 7.14. The van der Waals surface area contributed by atoms with Crippen LogP contribution >= 0.6 is 11.3 Å². The molecule has 202 valence electrons.